The Bertz CT molecular complexity index is 1490. The Morgan fingerprint density at radius 1 is 0.980 bits per heavy atom. The summed E-state index contributed by atoms with van der Waals surface area (Å²) in [7, 11) is 4.92. The minimum absolute atomic E-state index is 0.0164. The van der Waals surface area contributed by atoms with Crippen molar-refractivity contribution in [2.24, 2.45) is 5.92 Å². The number of benzene rings is 2. The lowest BCUT2D eigenvalue weighted by Crippen LogP contribution is -2.52. The van der Waals surface area contributed by atoms with Crippen LogP contribution in [-0.2, 0) is 20.6 Å². The lowest BCUT2D eigenvalue weighted by Gasteiger charge is -2.39. The topological polar surface area (TPSA) is 93.6 Å². The second-order valence-corrected chi connectivity index (χ2v) is 13.8. The quantitative estimate of drug-likeness (QED) is 0.334. The molecule has 2 aromatic rings. The Morgan fingerprint density at radius 2 is 1.63 bits per heavy atom. The number of piperidine rings is 2. The van der Waals surface area contributed by atoms with Crippen LogP contribution in [-0.4, -0.2) is 110 Å². The molecule has 0 spiro atoms. The predicted molar refractivity (Wildman–Crippen MR) is 177 cm³/mol. The van der Waals surface area contributed by atoms with Gasteiger partial charge in [0.25, 0.3) is 5.91 Å². The highest BCUT2D eigenvalue weighted by atomic mass is 19.4. The third kappa shape index (κ3) is 8.13. The molecule has 0 saturated carbocycles. The van der Waals surface area contributed by atoms with Gasteiger partial charge in [0, 0.05) is 71.4 Å². The number of aliphatic carboxylic acids is 1. The summed E-state index contributed by atoms with van der Waals surface area (Å²) in [5.41, 5.74) is -1.11. The number of methoxy groups -OCH3 is 1. The Morgan fingerprint density at radius 3 is 2.20 bits per heavy atom. The van der Waals surface area contributed by atoms with Gasteiger partial charge in [-0.2, -0.15) is 13.2 Å². The maximum absolute atomic E-state index is 17.3. The molecule has 49 heavy (non-hydrogen) atoms. The summed E-state index contributed by atoms with van der Waals surface area (Å²) in [6.07, 6.45) is -2.09. The Labute approximate surface area is 284 Å². The van der Waals surface area contributed by atoms with Gasteiger partial charge in [0.2, 0.25) is 11.6 Å². The number of alkyl halides is 4. The van der Waals surface area contributed by atoms with E-state index in [0.29, 0.717) is 81.7 Å². The second-order valence-electron chi connectivity index (χ2n) is 13.8. The number of carbonyl (C=O) groups is 3. The zero-order valence-electron chi connectivity index (χ0n) is 28.3. The van der Waals surface area contributed by atoms with E-state index in [1.807, 2.05) is 9.80 Å². The van der Waals surface area contributed by atoms with E-state index in [0.717, 1.165) is 17.7 Å². The van der Waals surface area contributed by atoms with Crippen LogP contribution in [0.5, 0.6) is 5.75 Å². The molecule has 5 rings (SSSR count). The van der Waals surface area contributed by atoms with Crippen molar-refractivity contribution in [2.45, 2.75) is 62.2 Å². The number of nitrogens with zero attached hydrogens (tertiary/aromatic N) is 4. The minimum atomic E-state index is -4.53. The van der Waals surface area contributed by atoms with Crippen LogP contribution >= 0.6 is 0 Å². The number of carboxylic acid groups (broad SMARTS) is 1. The molecule has 1 unspecified atom stereocenters. The fourth-order valence-corrected chi connectivity index (χ4v) is 7.54. The number of halogens is 4. The molecule has 3 fully saturated rings. The van der Waals surface area contributed by atoms with Crippen molar-refractivity contribution < 1.29 is 41.8 Å². The Kier molecular flexibility index (Phi) is 11.1. The molecule has 1 N–H and O–H groups in total. The maximum atomic E-state index is 17.3. The van der Waals surface area contributed by atoms with Crippen molar-refractivity contribution in [1.29, 1.82) is 0 Å². The summed E-state index contributed by atoms with van der Waals surface area (Å²) >= 11 is 0. The van der Waals surface area contributed by atoms with Crippen molar-refractivity contribution in [3.63, 3.8) is 0 Å². The van der Waals surface area contributed by atoms with Crippen LogP contribution in [0.3, 0.4) is 0 Å². The molecular formula is C36H46F4N4O5. The van der Waals surface area contributed by atoms with E-state index in [4.69, 9.17) is 4.74 Å². The number of ether oxygens (including phenoxy) is 1. The average Bonchev–Trinajstić information content (AvgIpc) is 3.44. The number of likely N-dealkylation sites (tertiary alicyclic amines) is 2. The third-order valence-electron chi connectivity index (χ3n) is 10.4. The van der Waals surface area contributed by atoms with Gasteiger partial charge >= 0.3 is 12.1 Å². The van der Waals surface area contributed by atoms with Crippen LogP contribution in [0.1, 0.15) is 67.1 Å². The number of hydrogen-bond acceptors (Lipinski definition) is 6. The largest absolute Gasteiger partial charge is 0.497 e. The molecular weight excluding hydrogens is 644 g/mol. The maximum Gasteiger partial charge on any atom is 0.416 e. The highest BCUT2D eigenvalue weighted by Crippen LogP contribution is 2.44. The van der Waals surface area contributed by atoms with Crippen LogP contribution in [0.15, 0.2) is 42.5 Å². The summed E-state index contributed by atoms with van der Waals surface area (Å²) in [4.78, 5) is 44.5. The molecule has 3 saturated heterocycles. The van der Waals surface area contributed by atoms with Crippen LogP contribution in [0.4, 0.5) is 23.2 Å². The van der Waals surface area contributed by atoms with Gasteiger partial charge in [0.05, 0.1) is 18.6 Å². The van der Waals surface area contributed by atoms with Gasteiger partial charge in [0.1, 0.15) is 5.75 Å². The van der Waals surface area contributed by atoms with E-state index in [1.165, 1.54) is 11.0 Å². The first-order valence-electron chi connectivity index (χ1n) is 16.9. The standard InChI is InChI=1S/C36H46F4N4O5/c1-41(2)32(45)5-4-16-42-22-30(25-6-9-28(49-3)10-7-25)35(37,23-42)34(48)44-19-12-24(13-20-44)29-11-8-27(36(38,39)40)21-31(29)43-17-14-26(15-18-43)33(46)47/h6-11,21,24,26,30H,4-5,12-20,22-23H2,1-3H3,(H,46,47)/t30?,35-/m0/s1. The highest BCUT2D eigenvalue weighted by Gasteiger charge is 2.55. The molecule has 3 aliphatic heterocycles. The lowest BCUT2D eigenvalue weighted by molar-refractivity contribution is -0.145. The predicted octanol–water partition coefficient (Wildman–Crippen LogP) is 5.40. The highest BCUT2D eigenvalue weighted by molar-refractivity contribution is 5.87. The first kappa shape index (κ1) is 36.4. The van der Waals surface area contributed by atoms with E-state index in [2.05, 4.69) is 0 Å². The monoisotopic (exact) mass is 690 g/mol. The summed E-state index contributed by atoms with van der Waals surface area (Å²) in [6.45, 7) is 1.85. The molecule has 13 heteroatoms. The molecule has 2 aromatic carbocycles. The molecule has 3 aliphatic rings. The van der Waals surface area contributed by atoms with Crippen LogP contribution in [0, 0.1) is 5.92 Å². The van der Waals surface area contributed by atoms with Gasteiger partial charge < -0.3 is 24.5 Å². The van der Waals surface area contributed by atoms with E-state index in [-0.39, 0.29) is 31.5 Å². The van der Waals surface area contributed by atoms with Crippen molar-refractivity contribution in [2.75, 3.05) is 71.9 Å². The van der Waals surface area contributed by atoms with Crippen LogP contribution in [0.25, 0.3) is 0 Å². The molecule has 3 heterocycles. The minimum Gasteiger partial charge on any atom is -0.497 e. The number of hydrogen-bond donors (Lipinski definition) is 1. The fourth-order valence-electron chi connectivity index (χ4n) is 7.54. The van der Waals surface area contributed by atoms with Gasteiger partial charge in [-0.25, -0.2) is 4.39 Å². The molecule has 0 aliphatic carbocycles. The average molecular weight is 691 g/mol. The molecule has 2 atom stereocenters. The van der Waals surface area contributed by atoms with Crippen LogP contribution in [0.2, 0.25) is 0 Å². The Balaban J connectivity index is 1.32. The van der Waals surface area contributed by atoms with E-state index < -0.39 is 41.1 Å². The fraction of sp³-hybridized carbons (Fsp3) is 0.583. The van der Waals surface area contributed by atoms with Crippen molar-refractivity contribution in [3.8, 4) is 5.75 Å². The van der Waals surface area contributed by atoms with E-state index in [1.54, 1.807) is 50.4 Å². The molecule has 2 amide bonds. The first-order chi connectivity index (χ1) is 23.2. The molecule has 9 nitrogen and oxygen atoms in total. The van der Waals surface area contributed by atoms with Gasteiger partial charge in [-0.15, -0.1) is 0 Å². The van der Waals surface area contributed by atoms with Gasteiger partial charge in [0.15, 0.2) is 0 Å². The number of carbonyl (C=O) groups excluding carboxylic acids is 2. The van der Waals surface area contributed by atoms with E-state index >= 15 is 4.39 Å². The molecule has 0 aromatic heterocycles. The molecule has 0 radical (unpaired) electrons. The lowest BCUT2D eigenvalue weighted by atomic mass is 9.83. The summed E-state index contributed by atoms with van der Waals surface area (Å²) in [5.74, 6) is -2.30. The van der Waals surface area contributed by atoms with Gasteiger partial charge in [-0.3, -0.25) is 19.3 Å². The zero-order valence-corrected chi connectivity index (χ0v) is 28.3. The van der Waals surface area contributed by atoms with Crippen LogP contribution < -0.4 is 9.64 Å². The Hall–Kier alpha value is -3.87. The number of amides is 2. The number of rotatable bonds is 10. The normalized spacial score (nSPS) is 22.7. The zero-order chi connectivity index (χ0) is 35.5. The number of carboxylic acids is 1. The summed E-state index contributed by atoms with van der Waals surface area (Å²) in [5, 5.41) is 9.42. The molecule has 268 valence electrons. The van der Waals surface area contributed by atoms with Gasteiger partial charge in [-0.1, -0.05) is 18.2 Å². The third-order valence-corrected chi connectivity index (χ3v) is 10.4. The SMILES string of the molecule is COc1ccc(C2CN(CCCC(=O)N(C)C)C[C@@]2(F)C(=O)N2CCC(c3ccc(C(F)(F)F)cc3N3CCC(C(=O)O)CC3)CC2)cc1. The van der Waals surface area contributed by atoms with E-state index in [9.17, 15) is 32.7 Å². The summed E-state index contributed by atoms with van der Waals surface area (Å²) in [6, 6.07) is 10.8. The van der Waals surface area contributed by atoms with Gasteiger partial charge in [-0.05, 0) is 80.0 Å². The first-order valence-corrected chi connectivity index (χ1v) is 16.9. The second kappa shape index (κ2) is 14.9. The molecule has 0 bridgehead atoms. The smallest absolute Gasteiger partial charge is 0.416 e. The summed E-state index contributed by atoms with van der Waals surface area (Å²) < 4.78 is 63.8. The number of anilines is 1. The van der Waals surface area contributed by atoms with Crippen molar-refractivity contribution in [3.05, 3.63) is 59.2 Å². The van der Waals surface area contributed by atoms with Crippen molar-refractivity contribution >= 4 is 23.5 Å². The van der Waals surface area contributed by atoms with Crippen molar-refractivity contribution in [1.82, 2.24) is 14.7 Å².